The van der Waals surface area contributed by atoms with Crippen molar-refractivity contribution in [2.75, 3.05) is 17.1 Å². The van der Waals surface area contributed by atoms with Crippen LogP contribution in [0.3, 0.4) is 0 Å². The van der Waals surface area contributed by atoms with Gasteiger partial charge >= 0.3 is 0 Å². The van der Waals surface area contributed by atoms with Crippen LogP contribution in [-0.2, 0) is 23.0 Å². The van der Waals surface area contributed by atoms with E-state index in [9.17, 15) is 13.2 Å². The summed E-state index contributed by atoms with van der Waals surface area (Å²) in [6, 6.07) is 8.94. The van der Waals surface area contributed by atoms with Gasteiger partial charge in [0.15, 0.2) is 0 Å². The van der Waals surface area contributed by atoms with Crippen LogP contribution >= 0.6 is 0 Å². The maximum Gasteiger partial charge on any atom is 0.251 e. The zero-order valence-electron chi connectivity index (χ0n) is 17.1. The van der Waals surface area contributed by atoms with Crippen LogP contribution in [-0.4, -0.2) is 38.2 Å². The number of ether oxygens (including phenoxy) is 1. The zero-order chi connectivity index (χ0) is 21.1. The fourth-order valence-electron chi connectivity index (χ4n) is 4.15. The van der Waals surface area contributed by atoms with E-state index in [1.54, 1.807) is 24.4 Å². The lowest BCUT2D eigenvalue weighted by Crippen LogP contribution is -2.34. The molecule has 1 amide bonds. The SMILES string of the molecule is CS(=O)(=O)N1CCCc2cc(C(=O)NCc3cccnc3OC3CCCC3)ccc21. The predicted octanol–water partition coefficient (Wildman–Crippen LogP) is 3.05. The first-order valence-corrected chi connectivity index (χ1v) is 12.3. The second-order valence-corrected chi connectivity index (χ2v) is 9.86. The fraction of sp³-hybridized carbons (Fsp3) is 0.455. The van der Waals surface area contributed by atoms with Crippen LogP contribution in [0, 0.1) is 0 Å². The number of nitrogens with zero attached hydrogens (tertiary/aromatic N) is 2. The van der Waals surface area contributed by atoms with Gasteiger partial charge in [-0.05, 0) is 68.4 Å². The zero-order valence-corrected chi connectivity index (χ0v) is 18.0. The number of hydrogen-bond acceptors (Lipinski definition) is 5. The minimum atomic E-state index is -3.32. The Hall–Kier alpha value is -2.61. The quantitative estimate of drug-likeness (QED) is 0.762. The summed E-state index contributed by atoms with van der Waals surface area (Å²) in [5.74, 6) is 0.379. The van der Waals surface area contributed by atoms with E-state index in [0.717, 1.165) is 36.8 Å². The number of benzene rings is 1. The molecule has 0 unspecified atom stereocenters. The maximum atomic E-state index is 12.7. The number of nitrogens with one attached hydrogen (secondary N) is 1. The van der Waals surface area contributed by atoms with E-state index in [1.807, 2.05) is 12.1 Å². The molecule has 0 atom stereocenters. The summed E-state index contributed by atoms with van der Waals surface area (Å²) in [7, 11) is -3.32. The molecule has 30 heavy (non-hydrogen) atoms. The molecule has 4 rings (SSSR count). The summed E-state index contributed by atoms with van der Waals surface area (Å²) in [5, 5.41) is 2.94. The second kappa shape index (κ2) is 8.63. The number of aryl methyl sites for hydroxylation is 1. The molecule has 1 aromatic heterocycles. The van der Waals surface area contributed by atoms with Gasteiger partial charge in [0.1, 0.15) is 6.10 Å². The first-order valence-electron chi connectivity index (χ1n) is 10.4. The van der Waals surface area contributed by atoms with Crippen molar-refractivity contribution in [2.45, 2.75) is 51.2 Å². The molecule has 1 aliphatic heterocycles. The van der Waals surface area contributed by atoms with Gasteiger partial charge in [-0.15, -0.1) is 0 Å². The highest BCUT2D eigenvalue weighted by molar-refractivity contribution is 7.92. The number of fused-ring (bicyclic) bond motifs is 1. The number of anilines is 1. The Morgan fingerprint density at radius 2 is 2.03 bits per heavy atom. The molecule has 1 aromatic carbocycles. The van der Waals surface area contributed by atoms with Gasteiger partial charge in [0.2, 0.25) is 15.9 Å². The van der Waals surface area contributed by atoms with Gasteiger partial charge < -0.3 is 10.1 Å². The largest absolute Gasteiger partial charge is 0.474 e. The molecule has 2 aromatic rings. The number of aromatic nitrogens is 1. The third kappa shape index (κ3) is 4.59. The average molecular weight is 430 g/mol. The van der Waals surface area contributed by atoms with Crippen molar-refractivity contribution in [2.24, 2.45) is 0 Å². The number of pyridine rings is 1. The van der Waals surface area contributed by atoms with Crippen LogP contribution in [0.15, 0.2) is 36.5 Å². The Morgan fingerprint density at radius 3 is 2.80 bits per heavy atom. The van der Waals surface area contributed by atoms with Gasteiger partial charge in [0.25, 0.3) is 5.91 Å². The molecule has 1 aliphatic carbocycles. The molecular weight excluding hydrogens is 402 g/mol. The summed E-state index contributed by atoms with van der Waals surface area (Å²) in [6.45, 7) is 0.795. The number of carbonyl (C=O) groups is 1. The van der Waals surface area contributed by atoms with Crippen molar-refractivity contribution in [1.29, 1.82) is 0 Å². The van der Waals surface area contributed by atoms with Crippen LogP contribution in [0.25, 0.3) is 0 Å². The van der Waals surface area contributed by atoms with Crippen LogP contribution in [0.2, 0.25) is 0 Å². The van der Waals surface area contributed by atoms with Gasteiger partial charge in [0.05, 0.1) is 11.9 Å². The lowest BCUT2D eigenvalue weighted by Gasteiger charge is -2.29. The van der Waals surface area contributed by atoms with E-state index in [0.29, 0.717) is 30.2 Å². The van der Waals surface area contributed by atoms with Crippen molar-refractivity contribution in [3.63, 3.8) is 0 Å². The summed E-state index contributed by atoms with van der Waals surface area (Å²) >= 11 is 0. The highest BCUT2D eigenvalue weighted by Gasteiger charge is 2.25. The van der Waals surface area contributed by atoms with E-state index in [-0.39, 0.29) is 12.0 Å². The molecule has 7 nitrogen and oxygen atoms in total. The predicted molar refractivity (Wildman–Crippen MR) is 115 cm³/mol. The third-order valence-corrected chi connectivity index (χ3v) is 6.87. The van der Waals surface area contributed by atoms with Crippen LogP contribution in [0.5, 0.6) is 5.88 Å². The second-order valence-electron chi connectivity index (χ2n) is 7.96. The molecule has 1 saturated carbocycles. The highest BCUT2D eigenvalue weighted by atomic mass is 32.2. The van der Waals surface area contributed by atoms with Gasteiger partial charge in [-0.25, -0.2) is 13.4 Å². The molecule has 2 heterocycles. The topological polar surface area (TPSA) is 88.6 Å². The van der Waals surface area contributed by atoms with E-state index in [4.69, 9.17) is 4.74 Å². The molecule has 0 radical (unpaired) electrons. The van der Waals surface area contributed by atoms with Crippen molar-refractivity contribution in [3.05, 3.63) is 53.2 Å². The highest BCUT2D eigenvalue weighted by Crippen LogP contribution is 2.30. The lowest BCUT2D eigenvalue weighted by molar-refractivity contribution is 0.0950. The summed E-state index contributed by atoms with van der Waals surface area (Å²) in [5.41, 5.74) is 2.91. The van der Waals surface area contributed by atoms with E-state index in [1.165, 1.54) is 23.4 Å². The molecule has 160 valence electrons. The standard InChI is InChI=1S/C22H27N3O4S/c1-30(27,28)25-13-5-7-16-14-17(10-11-20(16)25)21(26)24-15-18-6-4-12-23-22(18)29-19-8-2-3-9-19/h4,6,10-12,14,19H,2-3,5,7-9,13,15H2,1H3,(H,24,26). The van der Waals surface area contributed by atoms with Crippen molar-refractivity contribution in [3.8, 4) is 5.88 Å². The van der Waals surface area contributed by atoms with Gasteiger partial charge in [-0.2, -0.15) is 0 Å². The van der Waals surface area contributed by atoms with Crippen molar-refractivity contribution < 1.29 is 17.9 Å². The molecule has 1 N–H and O–H groups in total. The third-order valence-electron chi connectivity index (χ3n) is 5.69. The van der Waals surface area contributed by atoms with Gasteiger partial charge in [-0.3, -0.25) is 9.10 Å². The maximum absolute atomic E-state index is 12.7. The monoisotopic (exact) mass is 429 g/mol. The fourth-order valence-corrected chi connectivity index (χ4v) is 5.15. The summed E-state index contributed by atoms with van der Waals surface area (Å²) < 4.78 is 31.5. The Labute approximate surface area is 177 Å². The Balaban J connectivity index is 1.45. The number of sulfonamides is 1. The molecule has 0 spiro atoms. The van der Waals surface area contributed by atoms with Crippen LogP contribution < -0.4 is 14.4 Å². The summed E-state index contributed by atoms with van der Waals surface area (Å²) in [6.07, 6.45) is 9.05. The van der Waals surface area contributed by atoms with E-state index >= 15 is 0 Å². The van der Waals surface area contributed by atoms with Crippen molar-refractivity contribution >= 4 is 21.6 Å². The van der Waals surface area contributed by atoms with Gasteiger partial charge in [0, 0.05) is 30.4 Å². The number of hydrogen-bond donors (Lipinski definition) is 1. The van der Waals surface area contributed by atoms with E-state index < -0.39 is 10.0 Å². The Bertz CT molecular complexity index is 1030. The van der Waals surface area contributed by atoms with Crippen molar-refractivity contribution in [1.82, 2.24) is 10.3 Å². The minimum Gasteiger partial charge on any atom is -0.474 e. The first-order chi connectivity index (χ1) is 14.4. The smallest absolute Gasteiger partial charge is 0.251 e. The molecule has 8 heteroatoms. The molecule has 1 fully saturated rings. The lowest BCUT2D eigenvalue weighted by atomic mass is 10.0. The van der Waals surface area contributed by atoms with Crippen LogP contribution in [0.1, 0.15) is 53.6 Å². The molecular formula is C22H27N3O4S. The molecule has 0 saturated heterocycles. The normalized spacial score (nSPS) is 16.9. The van der Waals surface area contributed by atoms with Gasteiger partial charge in [-0.1, -0.05) is 6.07 Å². The Morgan fingerprint density at radius 1 is 1.23 bits per heavy atom. The minimum absolute atomic E-state index is 0.202. The number of rotatable bonds is 6. The first kappa shape index (κ1) is 20.7. The summed E-state index contributed by atoms with van der Waals surface area (Å²) in [4.78, 5) is 17.1. The number of amides is 1. The molecule has 0 bridgehead atoms. The van der Waals surface area contributed by atoms with E-state index in [2.05, 4.69) is 10.3 Å². The van der Waals surface area contributed by atoms with Crippen LogP contribution in [0.4, 0.5) is 5.69 Å². The number of carbonyl (C=O) groups excluding carboxylic acids is 1. The molecule has 2 aliphatic rings. The average Bonchev–Trinajstić information content (AvgIpc) is 3.24. The Kier molecular flexibility index (Phi) is 5.94.